The Morgan fingerprint density at radius 2 is 1.62 bits per heavy atom. The van der Waals surface area contributed by atoms with E-state index in [1.807, 2.05) is 35.0 Å². The minimum Gasteiger partial charge on any atom is -0.342 e. The van der Waals surface area contributed by atoms with Crippen LogP contribution < -0.4 is 0 Å². The predicted molar refractivity (Wildman–Crippen MR) is 131 cm³/mol. The first kappa shape index (κ1) is 21.9. The summed E-state index contributed by atoms with van der Waals surface area (Å²) >= 11 is 0.833. The van der Waals surface area contributed by atoms with E-state index in [0.717, 1.165) is 38.7 Å². The van der Waals surface area contributed by atoms with Gasteiger partial charge < -0.3 is 4.57 Å². The number of fused-ring (bicyclic) bond motifs is 1. The Bertz CT molecular complexity index is 1440. The summed E-state index contributed by atoms with van der Waals surface area (Å²) < 4.78 is 15.3. The highest BCUT2D eigenvalue weighted by Gasteiger charge is 2.36. The fourth-order valence-corrected chi connectivity index (χ4v) is 4.77. The average Bonchev–Trinajstić information content (AvgIpc) is 3.33. The third-order valence-electron chi connectivity index (χ3n) is 5.64. The Morgan fingerprint density at radius 3 is 2.38 bits per heavy atom. The molecule has 2 heterocycles. The van der Waals surface area contributed by atoms with Crippen molar-refractivity contribution in [2.75, 3.05) is 6.54 Å². The van der Waals surface area contributed by atoms with Crippen molar-refractivity contribution < 1.29 is 18.8 Å². The molecule has 0 N–H and O–H groups in total. The van der Waals surface area contributed by atoms with Crippen LogP contribution in [0.2, 0.25) is 0 Å². The van der Waals surface area contributed by atoms with Gasteiger partial charge in [-0.05, 0) is 41.6 Å². The van der Waals surface area contributed by atoms with Crippen LogP contribution in [0.3, 0.4) is 0 Å². The Hall–Kier alpha value is -3.97. The zero-order valence-corrected chi connectivity index (χ0v) is 18.8. The number of aromatic nitrogens is 1. The van der Waals surface area contributed by atoms with Crippen LogP contribution in [0.25, 0.3) is 17.0 Å². The van der Waals surface area contributed by atoms with Crippen LogP contribution in [0, 0.1) is 5.82 Å². The van der Waals surface area contributed by atoms with Gasteiger partial charge in [0.1, 0.15) is 5.82 Å². The van der Waals surface area contributed by atoms with Crippen LogP contribution in [0.1, 0.15) is 21.5 Å². The number of benzene rings is 3. The fraction of sp³-hybridized carbons (Fsp3) is 0.0741. The Balaban J connectivity index is 1.43. The minimum atomic E-state index is -0.477. The monoisotopic (exact) mass is 470 g/mol. The number of thioether (sulfide) groups is 1. The van der Waals surface area contributed by atoms with E-state index in [1.54, 1.807) is 48.5 Å². The number of amides is 2. The number of imide groups is 1. The topological polar surface area (TPSA) is 59.4 Å². The normalized spacial score (nSPS) is 15.0. The van der Waals surface area contributed by atoms with Gasteiger partial charge >= 0.3 is 0 Å². The second-order valence-corrected chi connectivity index (χ2v) is 8.91. The number of hydrogen-bond acceptors (Lipinski definition) is 4. The number of para-hydroxylation sites is 1. The smallest absolute Gasteiger partial charge is 0.293 e. The second kappa shape index (κ2) is 9.11. The van der Waals surface area contributed by atoms with Gasteiger partial charge in [0, 0.05) is 34.8 Å². The zero-order chi connectivity index (χ0) is 23.7. The van der Waals surface area contributed by atoms with Crippen molar-refractivity contribution in [3.8, 4) is 0 Å². The summed E-state index contributed by atoms with van der Waals surface area (Å²) in [7, 11) is 0. The SMILES string of the molecule is O=C(CN1C(=O)S/C(=C\c2cn(Cc3ccc(F)cc3)c3ccccc23)C1=O)c1ccccc1. The lowest BCUT2D eigenvalue weighted by Gasteiger charge is -2.11. The highest BCUT2D eigenvalue weighted by atomic mass is 32.2. The van der Waals surface area contributed by atoms with Crippen molar-refractivity contribution in [3.63, 3.8) is 0 Å². The van der Waals surface area contributed by atoms with Crippen molar-refractivity contribution in [2.45, 2.75) is 6.54 Å². The van der Waals surface area contributed by atoms with Crippen LogP contribution in [0.5, 0.6) is 0 Å². The summed E-state index contributed by atoms with van der Waals surface area (Å²) in [5.74, 6) is -1.06. The number of hydrogen-bond donors (Lipinski definition) is 0. The molecular formula is C27H19FN2O3S. The van der Waals surface area contributed by atoms with Crippen LogP contribution in [-0.2, 0) is 11.3 Å². The van der Waals surface area contributed by atoms with Crippen molar-refractivity contribution in [2.24, 2.45) is 0 Å². The predicted octanol–water partition coefficient (Wildman–Crippen LogP) is 5.75. The molecule has 0 spiro atoms. The van der Waals surface area contributed by atoms with E-state index in [9.17, 15) is 18.8 Å². The molecule has 5 rings (SSSR count). The largest absolute Gasteiger partial charge is 0.342 e. The van der Waals surface area contributed by atoms with Crippen molar-refractivity contribution in [3.05, 3.63) is 112 Å². The summed E-state index contributed by atoms with van der Waals surface area (Å²) in [6.07, 6.45) is 3.61. The molecule has 1 saturated heterocycles. The Labute approximate surface area is 199 Å². The number of halogens is 1. The maximum atomic E-state index is 13.3. The van der Waals surface area contributed by atoms with E-state index in [-0.39, 0.29) is 23.1 Å². The molecule has 0 bridgehead atoms. The van der Waals surface area contributed by atoms with Gasteiger partial charge in [0.15, 0.2) is 5.78 Å². The first-order chi connectivity index (χ1) is 16.5. The fourth-order valence-electron chi connectivity index (χ4n) is 3.94. The van der Waals surface area contributed by atoms with Crippen LogP contribution >= 0.6 is 11.8 Å². The molecule has 168 valence electrons. The molecule has 1 aromatic heterocycles. The van der Waals surface area contributed by atoms with Crippen molar-refractivity contribution in [1.82, 2.24) is 9.47 Å². The van der Waals surface area contributed by atoms with E-state index in [1.165, 1.54) is 12.1 Å². The van der Waals surface area contributed by atoms with E-state index < -0.39 is 11.1 Å². The van der Waals surface area contributed by atoms with Gasteiger partial charge in [0.2, 0.25) is 0 Å². The second-order valence-electron chi connectivity index (χ2n) is 7.91. The third-order valence-corrected chi connectivity index (χ3v) is 6.55. The van der Waals surface area contributed by atoms with Crippen LogP contribution in [-0.4, -0.2) is 32.9 Å². The Kier molecular flexibility index (Phi) is 5.86. The van der Waals surface area contributed by atoms with Crippen LogP contribution in [0.4, 0.5) is 9.18 Å². The number of nitrogens with zero attached hydrogens (tertiary/aromatic N) is 2. The lowest BCUT2D eigenvalue weighted by Crippen LogP contribution is -2.33. The van der Waals surface area contributed by atoms with E-state index >= 15 is 0 Å². The molecule has 5 nitrogen and oxygen atoms in total. The highest BCUT2D eigenvalue weighted by Crippen LogP contribution is 2.34. The first-order valence-electron chi connectivity index (χ1n) is 10.7. The summed E-state index contributed by atoms with van der Waals surface area (Å²) in [4.78, 5) is 39.3. The standard InChI is InChI=1S/C27H19FN2O3S/c28-21-12-10-18(11-13-21)15-29-16-20(22-8-4-5-9-23(22)29)14-25-26(32)30(27(33)34-25)17-24(31)19-6-2-1-3-7-19/h1-14,16H,15,17H2/b25-14-. The van der Waals surface area contributed by atoms with Gasteiger partial charge in [-0.25, -0.2) is 4.39 Å². The molecule has 0 radical (unpaired) electrons. The van der Waals surface area contributed by atoms with Gasteiger partial charge in [-0.2, -0.15) is 0 Å². The number of Topliss-reactive ketones (excluding diaryl/α,β-unsaturated/α-hetero) is 1. The summed E-state index contributed by atoms with van der Waals surface area (Å²) in [6, 6.07) is 22.7. The van der Waals surface area contributed by atoms with E-state index in [4.69, 9.17) is 0 Å². The number of ketones is 1. The van der Waals surface area contributed by atoms with Gasteiger partial charge in [0.05, 0.1) is 11.4 Å². The van der Waals surface area contributed by atoms with Gasteiger partial charge in [-0.1, -0.05) is 60.7 Å². The molecule has 1 fully saturated rings. The molecule has 1 aliphatic rings. The Morgan fingerprint density at radius 1 is 0.912 bits per heavy atom. The number of carbonyl (C=O) groups is 3. The van der Waals surface area contributed by atoms with Crippen LogP contribution in [0.15, 0.2) is 90.0 Å². The maximum Gasteiger partial charge on any atom is 0.293 e. The van der Waals surface area contributed by atoms with Crippen molar-refractivity contribution in [1.29, 1.82) is 0 Å². The van der Waals surface area contributed by atoms with Gasteiger partial charge in [0.25, 0.3) is 11.1 Å². The van der Waals surface area contributed by atoms with E-state index in [0.29, 0.717) is 12.1 Å². The zero-order valence-electron chi connectivity index (χ0n) is 18.0. The summed E-state index contributed by atoms with van der Waals surface area (Å²) in [5.41, 5.74) is 3.14. The molecule has 1 aliphatic heterocycles. The molecule has 2 amide bonds. The average molecular weight is 471 g/mol. The molecule has 0 atom stereocenters. The molecule has 3 aromatic carbocycles. The minimum absolute atomic E-state index is 0.274. The lowest BCUT2D eigenvalue weighted by atomic mass is 10.1. The highest BCUT2D eigenvalue weighted by molar-refractivity contribution is 8.18. The molecular weight excluding hydrogens is 451 g/mol. The molecule has 4 aromatic rings. The molecule has 34 heavy (non-hydrogen) atoms. The maximum absolute atomic E-state index is 13.3. The van der Waals surface area contributed by atoms with Gasteiger partial charge in [-0.15, -0.1) is 0 Å². The van der Waals surface area contributed by atoms with Gasteiger partial charge in [-0.3, -0.25) is 19.3 Å². The van der Waals surface area contributed by atoms with E-state index in [2.05, 4.69) is 0 Å². The molecule has 0 saturated carbocycles. The summed E-state index contributed by atoms with van der Waals surface area (Å²) in [5, 5.41) is 0.465. The third kappa shape index (κ3) is 4.30. The number of rotatable bonds is 6. The quantitative estimate of drug-likeness (QED) is 0.266. The first-order valence-corrected chi connectivity index (χ1v) is 11.5. The molecule has 0 unspecified atom stereocenters. The number of carbonyl (C=O) groups excluding carboxylic acids is 3. The molecule has 0 aliphatic carbocycles. The lowest BCUT2D eigenvalue weighted by molar-refractivity contribution is -0.122. The van der Waals surface area contributed by atoms with Crippen molar-refractivity contribution >= 4 is 45.7 Å². The summed E-state index contributed by atoms with van der Waals surface area (Å²) in [6.45, 7) is 0.236. The molecule has 7 heteroatoms.